The van der Waals surface area contributed by atoms with Crippen molar-refractivity contribution in [3.63, 3.8) is 0 Å². The molecule has 102 valence electrons. The molecule has 0 bridgehead atoms. The second kappa shape index (κ2) is 5.83. The molecule has 0 fully saturated rings. The van der Waals surface area contributed by atoms with Gasteiger partial charge in [0.1, 0.15) is 11.3 Å². The van der Waals surface area contributed by atoms with Gasteiger partial charge in [0, 0.05) is 6.20 Å². The molecule has 1 aromatic carbocycles. The summed E-state index contributed by atoms with van der Waals surface area (Å²) in [6.45, 7) is 0. The number of hydrogen-bond donors (Lipinski definition) is 1. The Hall–Kier alpha value is -2.89. The number of nitrogens with zero attached hydrogens (tertiary/aromatic N) is 1. The fraction of sp³-hybridized carbons (Fsp3) is 0.0714. The molecule has 20 heavy (non-hydrogen) atoms. The van der Waals surface area contributed by atoms with E-state index in [2.05, 4.69) is 9.72 Å². The van der Waals surface area contributed by atoms with E-state index in [9.17, 15) is 9.59 Å². The van der Waals surface area contributed by atoms with Crippen molar-refractivity contribution in [1.29, 1.82) is 0 Å². The zero-order chi connectivity index (χ0) is 14.5. The minimum absolute atomic E-state index is 0.116. The van der Waals surface area contributed by atoms with Gasteiger partial charge >= 0.3 is 5.97 Å². The summed E-state index contributed by atoms with van der Waals surface area (Å²) in [6, 6.07) is 9.36. The maximum Gasteiger partial charge on any atom is 0.337 e. The van der Waals surface area contributed by atoms with E-state index in [1.807, 2.05) is 0 Å². The van der Waals surface area contributed by atoms with Gasteiger partial charge in [0.05, 0.1) is 12.7 Å². The van der Waals surface area contributed by atoms with Crippen molar-refractivity contribution in [1.82, 2.24) is 4.98 Å². The Balaban J connectivity index is 2.23. The van der Waals surface area contributed by atoms with Crippen LogP contribution >= 0.6 is 0 Å². The first kappa shape index (κ1) is 13.5. The molecule has 0 aliphatic carbocycles. The summed E-state index contributed by atoms with van der Waals surface area (Å²) in [6.07, 6.45) is 1.49. The van der Waals surface area contributed by atoms with E-state index in [-0.39, 0.29) is 11.4 Å². The highest BCUT2D eigenvalue weighted by molar-refractivity contribution is 5.95. The minimum Gasteiger partial charge on any atom is -0.465 e. The van der Waals surface area contributed by atoms with E-state index in [1.54, 1.807) is 30.3 Å². The van der Waals surface area contributed by atoms with E-state index in [1.165, 1.54) is 19.4 Å². The van der Waals surface area contributed by atoms with Gasteiger partial charge in [-0.15, -0.1) is 0 Å². The molecular formula is C14H12N2O4. The summed E-state index contributed by atoms with van der Waals surface area (Å²) in [4.78, 5) is 26.5. The fourth-order valence-electron chi connectivity index (χ4n) is 1.55. The summed E-state index contributed by atoms with van der Waals surface area (Å²) in [5.74, 6) is -0.517. The molecule has 0 unspecified atom stereocenters. The number of carbonyl (C=O) groups is 2. The van der Waals surface area contributed by atoms with Gasteiger partial charge in [0.25, 0.3) is 5.91 Å². The number of primary amides is 1. The molecule has 0 aliphatic heterocycles. The number of amides is 1. The third kappa shape index (κ3) is 2.92. The zero-order valence-corrected chi connectivity index (χ0v) is 10.7. The number of methoxy groups -OCH3 is 1. The second-order valence-electron chi connectivity index (χ2n) is 3.84. The number of carbonyl (C=O) groups excluding carboxylic acids is 2. The van der Waals surface area contributed by atoms with E-state index < -0.39 is 11.9 Å². The van der Waals surface area contributed by atoms with Gasteiger partial charge < -0.3 is 15.2 Å². The number of nitrogens with two attached hydrogens (primary N) is 1. The summed E-state index contributed by atoms with van der Waals surface area (Å²) in [5, 5.41) is 0. The van der Waals surface area contributed by atoms with Gasteiger partial charge in [-0.3, -0.25) is 4.79 Å². The lowest BCUT2D eigenvalue weighted by Gasteiger charge is -2.08. The summed E-state index contributed by atoms with van der Waals surface area (Å²) >= 11 is 0. The van der Waals surface area contributed by atoms with Crippen LogP contribution in [0.2, 0.25) is 0 Å². The van der Waals surface area contributed by atoms with Gasteiger partial charge in [-0.25, -0.2) is 9.78 Å². The van der Waals surface area contributed by atoms with Crippen LogP contribution in [-0.2, 0) is 4.74 Å². The molecule has 2 N–H and O–H groups in total. The van der Waals surface area contributed by atoms with Crippen LogP contribution < -0.4 is 10.5 Å². The predicted molar refractivity (Wildman–Crippen MR) is 70.6 cm³/mol. The maximum absolute atomic E-state index is 11.3. The van der Waals surface area contributed by atoms with Crippen LogP contribution in [0.1, 0.15) is 20.7 Å². The van der Waals surface area contributed by atoms with Crippen molar-refractivity contribution in [3.8, 4) is 11.6 Å². The number of ether oxygens (including phenoxy) is 2. The van der Waals surface area contributed by atoms with Gasteiger partial charge in [0.15, 0.2) is 0 Å². The van der Waals surface area contributed by atoms with Crippen LogP contribution in [-0.4, -0.2) is 24.0 Å². The monoisotopic (exact) mass is 272 g/mol. The van der Waals surface area contributed by atoms with Gasteiger partial charge in [0.2, 0.25) is 5.88 Å². The summed E-state index contributed by atoms with van der Waals surface area (Å²) in [5.41, 5.74) is 5.81. The molecule has 0 radical (unpaired) electrons. The normalized spacial score (nSPS) is 9.85. The molecular weight excluding hydrogens is 260 g/mol. The highest BCUT2D eigenvalue weighted by Gasteiger charge is 2.11. The molecule has 0 atom stereocenters. The number of benzene rings is 1. The van der Waals surface area contributed by atoms with E-state index in [0.29, 0.717) is 11.3 Å². The van der Waals surface area contributed by atoms with Crippen LogP contribution in [0, 0.1) is 0 Å². The highest BCUT2D eigenvalue weighted by Crippen LogP contribution is 2.23. The van der Waals surface area contributed by atoms with Crippen molar-refractivity contribution in [2.75, 3.05) is 7.11 Å². The number of esters is 1. The molecule has 1 amide bonds. The average molecular weight is 272 g/mol. The van der Waals surface area contributed by atoms with Crippen LogP contribution in [0.25, 0.3) is 0 Å². The van der Waals surface area contributed by atoms with Crippen LogP contribution in [0.5, 0.6) is 11.6 Å². The maximum atomic E-state index is 11.3. The second-order valence-corrected chi connectivity index (χ2v) is 3.84. The van der Waals surface area contributed by atoms with Gasteiger partial charge in [-0.1, -0.05) is 0 Å². The molecule has 0 aliphatic rings. The largest absolute Gasteiger partial charge is 0.465 e. The number of pyridine rings is 1. The molecule has 0 spiro atoms. The Morgan fingerprint density at radius 1 is 1.15 bits per heavy atom. The lowest BCUT2D eigenvalue weighted by atomic mass is 10.2. The lowest BCUT2D eigenvalue weighted by molar-refractivity contribution is 0.0600. The molecule has 2 rings (SSSR count). The minimum atomic E-state index is -0.626. The third-order valence-corrected chi connectivity index (χ3v) is 2.53. The Kier molecular flexibility index (Phi) is 3.95. The first-order valence-corrected chi connectivity index (χ1v) is 5.73. The highest BCUT2D eigenvalue weighted by atomic mass is 16.5. The van der Waals surface area contributed by atoms with Crippen molar-refractivity contribution >= 4 is 11.9 Å². The zero-order valence-electron chi connectivity index (χ0n) is 10.7. The Labute approximate surface area is 115 Å². The average Bonchev–Trinajstić information content (AvgIpc) is 2.47. The van der Waals surface area contributed by atoms with E-state index in [4.69, 9.17) is 10.5 Å². The first-order chi connectivity index (χ1) is 9.61. The van der Waals surface area contributed by atoms with Crippen LogP contribution in [0.4, 0.5) is 0 Å². The van der Waals surface area contributed by atoms with Gasteiger partial charge in [-0.05, 0) is 36.4 Å². The standard InChI is InChI=1S/C14H12N2O4/c1-19-14(18)9-4-6-10(7-5-9)20-13-11(12(15)17)3-2-8-16-13/h2-8H,1H3,(H2,15,17). The van der Waals surface area contributed by atoms with Crippen LogP contribution in [0.3, 0.4) is 0 Å². The Morgan fingerprint density at radius 3 is 2.45 bits per heavy atom. The summed E-state index contributed by atoms with van der Waals surface area (Å²) < 4.78 is 10.1. The number of hydrogen-bond acceptors (Lipinski definition) is 5. The number of rotatable bonds is 4. The van der Waals surface area contributed by atoms with Crippen LogP contribution in [0.15, 0.2) is 42.6 Å². The van der Waals surface area contributed by atoms with Crippen molar-refractivity contribution in [2.24, 2.45) is 5.73 Å². The van der Waals surface area contributed by atoms with Crippen molar-refractivity contribution in [3.05, 3.63) is 53.7 Å². The van der Waals surface area contributed by atoms with Crippen molar-refractivity contribution < 1.29 is 19.1 Å². The predicted octanol–water partition coefficient (Wildman–Crippen LogP) is 1.76. The molecule has 1 aromatic heterocycles. The topological polar surface area (TPSA) is 91.5 Å². The molecule has 6 heteroatoms. The van der Waals surface area contributed by atoms with E-state index >= 15 is 0 Å². The molecule has 6 nitrogen and oxygen atoms in total. The molecule has 0 saturated carbocycles. The molecule has 0 saturated heterocycles. The Bertz CT molecular complexity index is 638. The van der Waals surface area contributed by atoms with E-state index in [0.717, 1.165) is 0 Å². The number of aromatic nitrogens is 1. The smallest absolute Gasteiger partial charge is 0.337 e. The van der Waals surface area contributed by atoms with Gasteiger partial charge in [-0.2, -0.15) is 0 Å². The molecule has 1 heterocycles. The van der Waals surface area contributed by atoms with Crippen molar-refractivity contribution in [2.45, 2.75) is 0 Å². The fourth-order valence-corrected chi connectivity index (χ4v) is 1.55. The Morgan fingerprint density at radius 2 is 1.85 bits per heavy atom. The summed E-state index contributed by atoms with van der Waals surface area (Å²) in [7, 11) is 1.31. The quantitative estimate of drug-likeness (QED) is 0.856. The molecule has 2 aromatic rings. The lowest BCUT2D eigenvalue weighted by Crippen LogP contribution is -2.12. The third-order valence-electron chi connectivity index (χ3n) is 2.53. The SMILES string of the molecule is COC(=O)c1ccc(Oc2ncccc2C(N)=O)cc1. The first-order valence-electron chi connectivity index (χ1n) is 5.73.